The first kappa shape index (κ1) is 12.0. The molecule has 0 spiro atoms. The Bertz CT molecular complexity index is 351. The highest BCUT2D eigenvalue weighted by Gasteiger charge is 2.31. The van der Waals surface area contributed by atoms with Crippen molar-refractivity contribution in [3.63, 3.8) is 0 Å². The molecule has 0 aliphatic rings. The van der Waals surface area contributed by atoms with Crippen molar-refractivity contribution in [1.82, 2.24) is 0 Å². The highest BCUT2D eigenvalue weighted by molar-refractivity contribution is 14.1. The van der Waals surface area contributed by atoms with Gasteiger partial charge in [0.1, 0.15) is 0 Å². The first-order valence-electron chi connectivity index (χ1n) is 4.46. The normalized spacial score (nSPS) is 14.9. The molecule has 14 heavy (non-hydrogen) atoms. The van der Waals surface area contributed by atoms with Gasteiger partial charge >= 0.3 is 0 Å². The van der Waals surface area contributed by atoms with E-state index in [0.29, 0.717) is 0 Å². The fourth-order valence-electron chi connectivity index (χ4n) is 1.29. The zero-order chi connectivity index (χ0) is 10.8. The molecule has 1 nitrogen and oxygen atoms in total. The molecule has 0 aliphatic carbocycles. The number of rotatable bonds is 3. The van der Waals surface area contributed by atoms with Gasteiger partial charge in [-0.25, -0.2) is 0 Å². The number of hydrogen-bond donors (Lipinski definition) is 0. The Morgan fingerprint density at radius 2 is 2.21 bits per heavy atom. The Balaban J connectivity index is 3.19. The molecule has 0 saturated carbocycles. The predicted molar refractivity (Wildman–Crippen MR) is 67.7 cm³/mol. The first-order chi connectivity index (χ1) is 6.50. The van der Waals surface area contributed by atoms with Crippen LogP contribution in [0, 0.1) is 3.57 Å². The lowest BCUT2D eigenvalue weighted by molar-refractivity contribution is -0.116. The molecule has 1 aromatic rings. The van der Waals surface area contributed by atoms with Crippen molar-refractivity contribution >= 4 is 39.4 Å². The lowest BCUT2D eigenvalue weighted by Gasteiger charge is -2.24. The van der Waals surface area contributed by atoms with Crippen LogP contribution >= 0.6 is 34.2 Å². The summed E-state index contributed by atoms with van der Waals surface area (Å²) in [4.78, 5) is 11.4. The van der Waals surface area contributed by atoms with E-state index in [1.165, 1.54) is 0 Å². The van der Waals surface area contributed by atoms with Crippen LogP contribution in [-0.4, -0.2) is 5.24 Å². The van der Waals surface area contributed by atoms with Crippen molar-refractivity contribution in [1.29, 1.82) is 0 Å². The third-order valence-corrected chi connectivity index (χ3v) is 3.69. The monoisotopic (exact) mass is 322 g/mol. The summed E-state index contributed by atoms with van der Waals surface area (Å²) in [5.74, 6) is 0. The highest BCUT2D eigenvalue weighted by atomic mass is 127. The van der Waals surface area contributed by atoms with Crippen LogP contribution < -0.4 is 0 Å². The second-order valence-electron chi connectivity index (χ2n) is 3.47. The minimum absolute atomic E-state index is 0.290. The average molecular weight is 323 g/mol. The van der Waals surface area contributed by atoms with Crippen molar-refractivity contribution in [2.24, 2.45) is 0 Å². The van der Waals surface area contributed by atoms with E-state index in [-0.39, 0.29) is 5.24 Å². The quantitative estimate of drug-likeness (QED) is 0.612. The van der Waals surface area contributed by atoms with Crippen LogP contribution in [0.2, 0.25) is 0 Å². The zero-order valence-corrected chi connectivity index (χ0v) is 11.1. The molecule has 0 bridgehead atoms. The molecule has 0 N–H and O–H groups in total. The van der Waals surface area contributed by atoms with E-state index in [2.05, 4.69) is 22.6 Å². The maximum Gasteiger partial charge on any atom is 0.231 e. The molecule has 0 aromatic heterocycles. The van der Waals surface area contributed by atoms with Crippen molar-refractivity contribution in [3.05, 3.63) is 33.4 Å². The largest absolute Gasteiger partial charge is 0.280 e. The summed E-state index contributed by atoms with van der Waals surface area (Å²) in [6.07, 6.45) is 0.718. The standard InChI is InChI=1S/C11H12ClIO/c1-3-11(2,10(12)14)8-5-4-6-9(13)7-8/h4-7H,3H2,1-2H3. The van der Waals surface area contributed by atoms with Gasteiger partial charge in [0, 0.05) is 3.57 Å². The highest BCUT2D eigenvalue weighted by Crippen LogP contribution is 2.30. The molecular formula is C11H12ClIO. The maximum atomic E-state index is 11.4. The number of halogens is 2. The predicted octanol–water partition coefficient (Wildman–Crippen LogP) is 3.72. The molecule has 0 radical (unpaired) electrons. The van der Waals surface area contributed by atoms with Gasteiger partial charge in [-0.1, -0.05) is 19.1 Å². The summed E-state index contributed by atoms with van der Waals surface area (Å²) in [7, 11) is 0. The van der Waals surface area contributed by atoms with Crippen LogP contribution in [0.1, 0.15) is 25.8 Å². The SMILES string of the molecule is CCC(C)(C(=O)Cl)c1cccc(I)c1. The molecule has 0 fully saturated rings. The van der Waals surface area contributed by atoms with Gasteiger partial charge in [-0.05, 0) is 65.2 Å². The third kappa shape index (κ3) is 2.28. The van der Waals surface area contributed by atoms with Crippen LogP contribution in [0.15, 0.2) is 24.3 Å². The summed E-state index contributed by atoms with van der Waals surface area (Å²) >= 11 is 7.86. The minimum Gasteiger partial charge on any atom is -0.280 e. The number of carbonyl (C=O) groups is 1. The Kier molecular flexibility index (Phi) is 3.95. The van der Waals surface area contributed by atoms with E-state index in [9.17, 15) is 4.79 Å². The minimum atomic E-state index is -0.553. The van der Waals surface area contributed by atoms with E-state index in [4.69, 9.17) is 11.6 Å². The van der Waals surface area contributed by atoms with Gasteiger partial charge in [-0.2, -0.15) is 0 Å². The van der Waals surface area contributed by atoms with Crippen LogP contribution in [0.5, 0.6) is 0 Å². The van der Waals surface area contributed by atoms with E-state index in [0.717, 1.165) is 15.6 Å². The molecule has 0 heterocycles. The molecule has 76 valence electrons. The topological polar surface area (TPSA) is 17.1 Å². The van der Waals surface area contributed by atoms with Crippen molar-refractivity contribution in [2.45, 2.75) is 25.7 Å². The molecular weight excluding hydrogens is 310 g/mol. The van der Waals surface area contributed by atoms with E-state index in [1.807, 2.05) is 38.1 Å². The van der Waals surface area contributed by atoms with Crippen molar-refractivity contribution < 1.29 is 4.79 Å². The van der Waals surface area contributed by atoms with Crippen molar-refractivity contribution in [3.8, 4) is 0 Å². The van der Waals surface area contributed by atoms with E-state index in [1.54, 1.807) is 0 Å². The van der Waals surface area contributed by atoms with Gasteiger partial charge in [0.15, 0.2) is 0 Å². The molecule has 1 unspecified atom stereocenters. The van der Waals surface area contributed by atoms with Gasteiger partial charge in [0.05, 0.1) is 5.41 Å². The molecule has 3 heteroatoms. The number of benzene rings is 1. The Hall–Kier alpha value is -0.0900. The first-order valence-corrected chi connectivity index (χ1v) is 5.92. The number of hydrogen-bond acceptors (Lipinski definition) is 1. The Morgan fingerprint density at radius 1 is 1.57 bits per heavy atom. The van der Waals surface area contributed by atoms with Gasteiger partial charge < -0.3 is 0 Å². The molecule has 0 saturated heterocycles. The fraction of sp³-hybridized carbons (Fsp3) is 0.364. The van der Waals surface area contributed by atoms with Crippen LogP contribution in [0.25, 0.3) is 0 Å². The van der Waals surface area contributed by atoms with Gasteiger partial charge in [0.25, 0.3) is 0 Å². The second-order valence-corrected chi connectivity index (χ2v) is 5.06. The third-order valence-electron chi connectivity index (χ3n) is 2.60. The molecule has 1 rings (SSSR count). The van der Waals surface area contributed by atoms with Gasteiger partial charge in [0.2, 0.25) is 5.24 Å². The summed E-state index contributed by atoms with van der Waals surface area (Å²) in [5, 5.41) is -0.290. The summed E-state index contributed by atoms with van der Waals surface area (Å²) in [6, 6.07) is 7.90. The van der Waals surface area contributed by atoms with Gasteiger partial charge in [-0.3, -0.25) is 4.79 Å². The smallest absolute Gasteiger partial charge is 0.231 e. The van der Waals surface area contributed by atoms with Crippen LogP contribution in [-0.2, 0) is 10.2 Å². The molecule has 1 atom stereocenters. The van der Waals surface area contributed by atoms with E-state index >= 15 is 0 Å². The fourth-order valence-corrected chi connectivity index (χ4v) is 2.07. The second kappa shape index (κ2) is 4.62. The maximum absolute atomic E-state index is 11.4. The number of carbonyl (C=O) groups excluding carboxylic acids is 1. The van der Waals surface area contributed by atoms with Crippen molar-refractivity contribution in [2.75, 3.05) is 0 Å². The Morgan fingerprint density at radius 3 is 2.64 bits per heavy atom. The lowest BCUT2D eigenvalue weighted by Crippen LogP contribution is -2.28. The van der Waals surface area contributed by atoms with Crippen LogP contribution in [0.4, 0.5) is 0 Å². The molecule has 0 aliphatic heterocycles. The van der Waals surface area contributed by atoms with Gasteiger partial charge in [-0.15, -0.1) is 0 Å². The zero-order valence-electron chi connectivity index (χ0n) is 8.18. The Labute approximate surface area is 103 Å². The molecule has 1 aromatic carbocycles. The summed E-state index contributed by atoms with van der Waals surface area (Å²) in [5.41, 5.74) is 0.440. The lowest BCUT2D eigenvalue weighted by atomic mass is 9.81. The van der Waals surface area contributed by atoms with Crippen LogP contribution in [0.3, 0.4) is 0 Å². The summed E-state index contributed by atoms with van der Waals surface area (Å²) in [6.45, 7) is 3.86. The van der Waals surface area contributed by atoms with E-state index < -0.39 is 5.41 Å². The molecule has 0 amide bonds. The summed E-state index contributed by atoms with van der Waals surface area (Å²) < 4.78 is 1.12. The average Bonchev–Trinajstić information content (AvgIpc) is 2.16.